The normalized spacial score (nSPS) is 24.2. The molecule has 196 valence electrons. The molecule has 3 heterocycles. The highest BCUT2D eigenvalue weighted by atomic mass is 32.2. The summed E-state index contributed by atoms with van der Waals surface area (Å²) in [6.07, 6.45) is 4.65. The van der Waals surface area contributed by atoms with Crippen molar-refractivity contribution in [2.45, 2.75) is 44.6 Å². The summed E-state index contributed by atoms with van der Waals surface area (Å²) in [7, 11) is 0. The maximum absolute atomic E-state index is 14.4. The first kappa shape index (κ1) is 28.3. The number of carbonyl (C=O) groups excluding carboxylic acids is 1. The maximum atomic E-state index is 14.4. The van der Waals surface area contributed by atoms with Crippen molar-refractivity contribution in [2.75, 3.05) is 19.7 Å². The number of aliphatic imine (C=N–C) groups is 1. The van der Waals surface area contributed by atoms with Crippen LogP contribution in [0.1, 0.15) is 55.6 Å². The van der Waals surface area contributed by atoms with E-state index in [1.807, 2.05) is 26.8 Å². The van der Waals surface area contributed by atoms with Gasteiger partial charge in [0.15, 0.2) is 5.17 Å². The second-order valence-corrected chi connectivity index (χ2v) is 9.83. The molecule has 4 unspecified atom stereocenters. The highest BCUT2D eigenvalue weighted by Crippen LogP contribution is 2.54. The fourth-order valence-corrected chi connectivity index (χ4v) is 5.14. The Morgan fingerprint density at radius 2 is 2.11 bits per heavy atom. The van der Waals surface area contributed by atoms with Crippen LogP contribution in [0.15, 0.2) is 41.5 Å². The minimum atomic E-state index is -0.557. The Hall–Kier alpha value is -3.29. The van der Waals surface area contributed by atoms with E-state index in [2.05, 4.69) is 9.98 Å². The summed E-state index contributed by atoms with van der Waals surface area (Å²) in [5, 5.41) is 9.64. The summed E-state index contributed by atoms with van der Waals surface area (Å²) >= 11 is 1.54. The number of amides is 1. The molecule has 37 heavy (non-hydrogen) atoms. The summed E-state index contributed by atoms with van der Waals surface area (Å²) in [5.41, 5.74) is 7.27. The van der Waals surface area contributed by atoms with Crippen molar-refractivity contribution < 1.29 is 18.3 Å². The number of rotatable bonds is 4. The van der Waals surface area contributed by atoms with Crippen LogP contribution in [0.3, 0.4) is 0 Å². The standard InChI is InChI=1S/C19H14F2N4S.C6H11NO2.C2H6/c20-14-3-1-10(6-15(21)16-4-2-11(8-22)9-24-16)5-12(14)18-13-7-17(13)26-19(23)25-18;1-6-4-7(5-8)2-3-9-6;1-2/h1-6,9,13,17-18H,7H2,(H2,23,25);5-6H,2-4H2,1H3;1-2H3/b15-6-;;. The van der Waals surface area contributed by atoms with Gasteiger partial charge in [-0.15, -0.1) is 0 Å². The van der Waals surface area contributed by atoms with Crippen molar-refractivity contribution in [3.63, 3.8) is 0 Å². The quantitative estimate of drug-likeness (QED) is 0.565. The summed E-state index contributed by atoms with van der Waals surface area (Å²) < 4.78 is 34.0. The number of carbonyl (C=O) groups is 1. The van der Waals surface area contributed by atoms with Crippen LogP contribution in [0.5, 0.6) is 0 Å². The van der Waals surface area contributed by atoms with Crippen LogP contribution < -0.4 is 5.73 Å². The molecular formula is C27H31F2N5O2S. The fourth-order valence-electron chi connectivity index (χ4n) is 4.02. The van der Waals surface area contributed by atoms with Gasteiger partial charge in [-0.3, -0.25) is 14.8 Å². The van der Waals surface area contributed by atoms with E-state index in [-0.39, 0.29) is 29.6 Å². The van der Waals surface area contributed by atoms with E-state index in [1.54, 1.807) is 11.0 Å². The number of nitrogens with two attached hydrogens (primary N) is 1. The molecule has 2 aliphatic heterocycles. The minimum Gasteiger partial charge on any atom is -0.379 e. The van der Waals surface area contributed by atoms with E-state index < -0.39 is 5.83 Å². The van der Waals surface area contributed by atoms with Crippen LogP contribution >= 0.6 is 11.8 Å². The summed E-state index contributed by atoms with van der Waals surface area (Å²) in [6.45, 7) is 8.13. The lowest BCUT2D eigenvalue weighted by atomic mass is 9.99. The van der Waals surface area contributed by atoms with Gasteiger partial charge in [-0.25, -0.2) is 8.78 Å². The first-order chi connectivity index (χ1) is 17.9. The highest BCUT2D eigenvalue weighted by Gasteiger charge is 2.48. The fraction of sp³-hybridized carbons (Fsp3) is 0.407. The molecule has 4 atom stereocenters. The smallest absolute Gasteiger partial charge is 0.209 e. The van der Waals surface area contributed by atoms with Crippen molar-refractivity contribution in [3.05, 3.63) is 64.7 Å². The average molecular weight is 528 g/mol. The molecule has 1 aromatic heterocycles. The summed E-state index contributed by atoms with van der Waals surface area (Å²) in [4.78, 5) is 20.2. The number of amidine groups is 1. The number of thioether (sulfide) groups is 1. The lowest BCUT2D eigenvalue weighted by molar-refractivity contribution is -0.124. The third kappa shape index (κ3) is 7.60. The Morgan fingerprint density at radius 1 is 1.32 bits per heavy atom. The number of nitrogens with zero attached hydrogens (tertiary/aromatic N) is 4. The molecule has 5 rings (SSSR count). The first-order valence-corrected chi connectivity index (χ1v) is 13.1. The topological polar surface area (TPSA) is 105 Å². The van der Waals surface area contributed by atoms with Gasteiger partial charge < -0.3 is 15.4 Å². The van der Waals surface area contributed by atoms with Gasteiger partial charge in [-0.2, -0.15) is 5.26 Å². The number of benzene rings is 1. The monoisotopic (exact) mass is 527 g/mol. The van der Waals surface area contributed by atoms with Crippen LogP contribution in [0, 0.1) is 23.1 Å². The van der Waals surface area contributed by atoms with E-state index in [1.165, 1.54) is 48.3 Å². The Balaban J connectivity index is 0.000000291. The number of hydrogen-bond acceptors (Lipinski definition) is 7. The molecule has 1 aliphatic carbocycles. The molecule has 3 aliphatic rings. The zero-order valence-corrected chi connectivity index (χ0v) is 21.9. The second kappa shape index (κ2) is 13.3. The Bertz CT molecular complexity index is 1180. The number of hydrogen-bond donors (Lipinski definition) is 1. The Kier molecular flexibility index (Phi) is 10.2. The van der Waals surface area contributed by atoms with Gasteiger partial charge in [0.1, 0.15) is 17.7 Å². The lowest BCUT2D eigenvalue weighted by Crippen LogP contribution is -2.39. The van der Waals surface area contributed by atoms with Crippen molar-refractivity contribution in [1.29, 1.82) is 5.26 Å². The Morgan fingerprint density at radius 3 is 2.73 bits per heavy atom. The lowest BCUT2D eigenvalue weighted by Gasteiger charge is -2.27. The average Bonchev–Trinajstić information content (AvgIpc) is 3.70. The van der Waals surface area contributed by atoms with E-state index in [9.17, 15) is 13.6 Å². The van der Waals surface area contributed by atoms with Crippen LogP contribution in [-0.2, 0) is 9.53 Å². The van der Waals surface area contributed by atoms with E-state index in [0.717, 1.165) is 25.9 Å². The predicted octanol–water partition coefficient (Wildman–Crippen LogP) is 4.94. The van der Waals surface area contributed by atoms with Crippen molar-refractivity contribution >= 4 is 35.2 Å². The number of halogens is 2. The molecule has 2 N–H and O–H groups in total. The molecule has 0 spiro atoms. The van der Waals surface area contributed by atoms with Gasteiger partial charge in [-0.1, -0.05) is 31.7 Å². The van der Waals surface area contributed by atoms with Crippen molar-refractivity contribution in [3.8, 4) is 6.07 Å². The molecule has 2 fully saturated rings. The second-order valence-electron chi connectivity index (χ2n) is 8.57. The molecule has 7 nitrogen and oxygen atoms in total. The van der Waals surface area contributed by atoms with Crippen LogP contribution in [0.4, 0.5) is 8.78 Å². The molecule has 10 heteroatoms. The molecule has 0 bridgehead atoms. The first-order valence-electron chi connectivity index (χ1n) is 12.2. The van der Waals surface area contributed by atoms with E-state index in [4.69, 9.17) is 15.7 Å². The predicted molar refractivity (Wildman–Crippen MR) is 143 cm³/mol. The van der Waals surface area contributed by atoms with Gasteiger partial charge >= 0.3 is 0 Å². The van der Waals surface area contributed by atoms with Crippen molar-refractivity contribution in [2.24, 2.45) is 16.6 Å². The molecule has 0 radical (unpaired) electrons. The number of nitriles is 1. The van der Waals surface area contributed by atoms with Gasteiger partial charge in [0.05, 0.1) is 30.0 Å². The highest BCUT2D eigenvalue weighted by molar-refractivity contribution is 8.14. The zero-order valence-electron chi connectivity index (χ0n) is 21.1. The summed E-state index contributed by atoms with van der Waals surface area (Å²) in [6, 6.07) is 9.01. The van der Waals surface area contributed by atoms with Gasteiger partial charge in [0.25, 0.3) is 0 Å². The number of pyridine rings is 1. The zero-order chi connectivity index (χ0) is 26.9. The van der Waals surface area contributed by atoms with Gasteiger partial charge in [-0.05, 0) is 55.2 Å². The maximum Gasteiger partial charge on any atom is 0.209 e. The molecule has 1 saturated carbocycles. The molecule has 1 aromatic carbocycles. The van der Waals surface area contributed by atoms with Crippen LogP contribution in [0.25, 0.3) is 11.9 Å². The minimum absolute atomic E-state index is 0.119. The third-order valence-electron chi connectivity index (χ3n) is 5.91. The van der Waals surface area contributed by atoms with E-state index >= 15 is 0 Å². The molecule has 1 saturated heterocycles. The molecular weight excluding hydrogens is 496 g/mol. The number of morpholine rings is 1. The number of ether oxygens (including phenoxy) is 1. The van der Waals surface area contributed by atoms with Gasteiger partial charge in [0, 0.05) is 30.1 Å². The van der Waals surface area contributed by atoms with Crippen molar-refractivity contribution in [1.82, 2.24) is 9.88 Å². The summed E-state index contributed by atoms with van der Waals surface area (Å²) in [5.74, 6) is -0.636. The van der Waals surface area contributed by atoms with E-state index in [0.29, 0.717) is 33.7 Å². The SMILES string of the molecule is CC.CC1CN(C=O)CCO1.N#Cc1ccc(/C(F)=C/c2ccc(F)c(C3N=C(N)SC4CC43)c2)nc1. The largest absolute Gasteiger partial charge is 0.379 e. The third-order valence-corrected chi connectivity index (χ3v) is 7.11. The molecule has 1 amide bonds. The van der Waals surface area contributed by atoms with Gasteiger partial charge in [0.2, 0.25) is 6.41 Å². The number of aromatic nitrogens is 1. The van der Waals surface area contributed by atoms with Crippen LogP contribution in [-0.4, -0.2) is 52.5 Å². The molecule has 2 aromatic rings. The Labute approximate surface area is 220 Å². The number of fused-ring (bicyclic) bond motifs is 1. The van der Waals surface area contributed by atoms with Crippen LogP contribution in [0.2, 0.25) is 0 Å².